The Bertz CT molecular complexity index is 391. The maximum absolute atomic E-state index is 12.3. The highest BCUT2D eigenvalue weighted by molar-refractivity contribution is 5.74. The average molecular weight is 307 g/mol. The Morgan fingerprint density at radius 2 is 1.86 bits per heavy atom. The molecule has 22 heavy (non-hydrogen) atoms. The molecule has 2 aliphatic heterocycles. The van der Waals surface area contributed by atoms with Crippen molar-refractivity contribution in [1.29, 1.82) is 0 Å². The minimum absolute atomic E-state index is 0.128. The third-order valence-electron chi connectivity index (χ3n) is 5.18. The normalized spacial score (nSPS) is 30.1. The van der Waals surface area contributed by atoms with E-state index in [1.807, 2.05) is 4.90 Å². The zero-order valence-electron chi connectivity index (χ0n) is 13.7. The molecule has 0 aromatic rings. The maximum Gasteiger partial charge on any atom is 0.317 e. The van der Waals surface area contributed by atoms with E-state index in [0.29, 0.717) is 17.8 Å². The minimum atomic E-state index is 0.128. The van der Waals surface area contributed by atoms with Crippen molar-refractivity contribution in [2.24, 2.45) is 17.8 Å². The molecule has 3 atom stereocenters. The third kappa shape index (κ3) is 4.02. The first kappa shape index (κ1) is 15.8. The molecule has 124 valence electrons. The summed E-state index contributed by atoms with van der Waals surface area (Å²) in [4.78, 5) is 16.8. The first-order valence-corrected chi connectivity index (χ1v) is 8.70. The van der Waals surface area contributed by atoms with Gasteiger partial charge in [-0.3, -0.25) is 4.90 Å². The Morgan fingerprint density at radius 3 is 2.50 bits per heavy atom. The van der Waals surface area contributed by atoms with Gasteiger partial charge in [0.15, 0.2) is 0 Å². The first-order chi connectivity index (χ1) is 10.7. The topological polar surface area (TPSA) is 44.8 Å². The molecular weight excluding hydrogens is 278 g/mol. The summed E-state index contributed by atoms with van der Waals surface area (Å²) < 4.78 is 5.37. The van der Waals surface area contributed by atoms with E-state index in [0.717, 1.165) is 65.3 Å². The highest BCUT2D eigenvalue weighted by Crippen LogP contribution is 2.32. The van der Waals surface area contributed by atoms with Gasteiger partial charge in [-0.1, -0.05) is 19.1 Å². The van der Waals surface area contributed by atoms with Crippen molar-refractivity contribution in [2.75, 3.05) is 52.5 Å². The summed E-state index contributed by atoms with van der Waals surface area (Å²) in [5.41, 5.74) is 0. The lowest BCUT2D eigenvalue weighted by Crippen LogP contribution is -2.44. The van der Waals surface area contributed by atoms with Crippen LogP contribution in [0.25, 0.3) is 0 Å². The fourth-order valence-electron chi connectivity index (χ4n) is 3.84. The van der Waals surface area contributed by atoms with Crippen LogP contribution in [-0.2, 0) is 4.74 Å². The van der Waals surface area contributed by atoms with Crippen molar-refractivity contribution in [3.05, 3.63) is 12.2 Å². The van der Waals surface area contributed by atoms with E-state index in [4.69, 9.17) is 4.74 Å². The summed E-state index contributed by atoms with van der Waals surface area (Å²) in [5.74, 6) is 1.84. The summed E-state index contributed by atoms with van der Waals surface area (Å²) in [7, 11) is 0. The smallest absolute Gasteiger partial charge is 0.317 e. The molecule has 0 aromatic carbocycles. The largest absolute Gasteiger partial charge is 0.379 e. The van der Waals surface area contributed by atoms with Crippen LogP contribution >= 0.6 is 0 Å². The van der Waals surface area contributed by atoms with Crippen molar-refractivity contribution in [3.63, 3.8) is 0 Å². The number of urea groups is 1. The summed E-state index contributed by atoms with van der Waals surface area (Å²) in [6.07, 6.45) is 6.82. The van der Waals surface area contributed by atoms with Crippen LogP contribution in [0.3, 0.4) is 0 Å². The molecule has 0 bridgehead atoms. The van der Waals surface area contributed by atoms with Crippen molar-refractivity contribution in [1.82, 2.24) is 15.1 Å². The van der Waals surface area contributed by atoms with Crippen LogP contribution in [0.5, 0.6) is 0 Å². The number of fused-ring (bicyclic) bond motifs is 1. The van der Waals surface area contributed by atoms with Gasteiger partial charge in [-0.15, -0.1) is 0 Å². The van der Waals surface area contributed by atoms with Crippen molar-refractivity contribution in [2.45, 2.75) is 19.8 Å². The molecule has 5 nitrogen and oxygen atoms in total. The van der Waals surface area contributed by atoms with Crippen LogP contribution < -0.4 is 5.32 Å². The summed E-state index contributed by atoms with van der Waals surface area (Å²) >= 11 is 0. The Hall–Kier alpha value is -1.07. The number of carbonyl (C=O) groups excluding carboxylic acids is 1. The number of amides is 2. The lowest BCUT2D eigenvalue weighted by molar-refractivity contribution is 0.0319. The van der Waals surface area contributed by atoms with Gasteiger partial charge in [0.1, 0.15) is 0 Å². The Balaban J connectivity index is 1.37. The van der Waals surface area contributed by atoms with E-state index in [9.17, 15) is 4.79 Å². The van der Waals surface area contributed by atoms with Crippen LogP contribution in [0.2, 0.25) is 0 Å². The zero-order valence-corrected chi connectivity index (χ0v) is 13.7. The molecule has 3 rings (SSSR count). The number of morpholine rings is 1. The predicted molar refractivity (Wildman–Crippen MR) is 86.7 cm³/mol. The molecule has 2 saturated heterocycles. The van der Waals surface area contributed by atoms with E-state index in [2.05, 4.69) is 29.3 Å². The number of likely N-dealkylation sites (tertiary alicyclic amines) is 1. The molecular formula is C17H29N3O2. The zero-order chi connectivity index (χ0) is 15.4. The molecule has 1 aliphatic carbocycles. The molecule has 2 amide bonds. The second-order valence-electron chi connectivity index (χ2n) is 7.07. The van der Waals surface area contributed by atoms with Gasteiger partial charge in [-0.05, 0) is 30.6 Å². The van der Waals surface area contributed by atoms with Gasteiger partial charge in [0, 0.05) is 39.3 Å². The summed E-state index contributed by atoms with van der Waals surface area (Å²) in [6, 6.07) is 0.128. The second-order valence-corrected chi connectivity index (χ2v) is 7.07. The van der Waals surface area contributed by atoms with Crippen LogP contribution in [0.4, 0.5) is 4.79 Å². The van der Waals surface area contributed by atoms with Gasteiger partial charge in [0.25, 0.3) is 0 Å². The van der Waals surface area contributed by atoms with Crippen LogP contribution in [0, 0.1) is 17.8 Å². The second kappa shape index (κ2) is 7.47. The Kier molecular flexibility index (Phi) is 5.37. The number of nitrogens with zero attached hydrogens (tertiary/aromatic N) is 2. The van der Waals surface area contributed by atoms with Crippen LogP contribution in [-0.4, -0.2) is 68.3 Å². The Labute approximate surface area is 133 Å². The van der Waals surface area contributed by atoms with E-state index in [-0.39, 0.29) is 6.03 Å². The highest BCUT2D eigenvalue weighted by atomic mass is 16.5. The molecule has 0 aromatic heterocycles. The molecule has 5 heteroatoms. The van der Waals surface area contributed by atoms with Crippen molar-refractivity contribution in [3.8, 4) is 0 Å². The number of hydrogen-bond donors (Lipinski definition) is 1. The number of carbonyl (C=O) groups is 1. The molecule has 0 unspecified atom stereocenters. The lowest BCUT2D eigenvalue weighted by atomic mass is 9.86. The van der Waals surface area contributed by atoms with Gasteiger partial charge < -0.3 is 15.0 Å². The van der Waals surface area contributed by atoms with Crippen molar-refractivity contribution >= 4 is 6.03 Å². The Morgan fingerprint density at radius 1 is 1.23 bits per heavy atom. The van der Waals surface area contributed by atoms with Crippen LogP contribution in [0.1, 0.15) is 19.8 Å². The molecule has 0 radical (unpaired) electrons. The highest BCUT2D eigenvalue weighted by Gasteiger charge is 2.35. The van der Waals surface area contributed by atoms with E-state index in [1.165, 1.54) is 0 Å². The molecule has 0 spiro atoms. The lowest BCUT2D eigenvalue weighted by Gasteiger charge is -2.29. The monoisotopic (exact) mass is 307 g/mol. The SMILES string of the molecule is C[C@@H](CNC(=O)N1C[C@H]2CC=CC[C@H]2C1)CN1CCOCC1. The molecule has 2 fully saturated rings. The molecule has 1 N–H and O–H groups in total. The van der Waals surface area contributed by atoms with E-state index < -0.39 is 0 Å². The number of rotatable bonds is 4. The van der Waals surface area contributed by atoms with Gasteiger partial charge in [0.2, 0.25) is 0 Å². The van der Waals surface area contributed by atoms with E-state index in [1.54, 1.807) is 0 Å². The standard InChI is InChI=1S/C17H29N3O2/c1-14(11-19-6-8-22-9-7-19)10-18-17(21)20-12-15-4-2-3-5-16(15)13-20/h2-3,14-16H,4-13H2,1H3,(H,18,21)/t14-,15-,16+/m0/s1. The van der Waals surface area contributed by atoms with Crippen molar-refractivity contribution < 1.29 is 9.53 Å². The molecule has 0 saturated carbocycles. The number of ether oxygens (including phenoxy) is 1. The summed E-state index contributed by atoms with van der Waals surface area (Å²) in [5, 5.41) is 3.13. The molecule has 2 heterocycles. The number of hydrogen-bond acceptors (Lipinski definition) is 3. The third-order valence-corrected chi connectivity index (χ3v) is 5.18. The fraction of sp³-hybridized carbons (Fsp3) is 0.824. The molecule has 3 aliphatic rings. The van der Waals surface area contributed by atoms with Gasteiger partial charge in [-0.2, -0.15) is 0 Å². The number of nitrogens with one attached hydrogen (secondary N) is 1. The minimum Gasteiger partial charge on any atom is -0.379 e. The maximum atomic E-state index is 12.3. The summed E-state index contributed by atoms with van der Waals surface area (Å²) in [6.45, 7) is 9.58. The predicted octanol–water partition coefficient (Wildman–Crippen LogP) is 1.56. The van der Waals surface area contributed by atoms with Gasteiger partial charge in [-0.25, -0.2) is 4.79 Å². The average Bonchev–Trinajstić information content (AvgIpc) is 2.98. The van der Waals surface area contributed by atoms with Gasteiger partial charge in [0.05, 0.1) is 13.2 Å². The quantitative estimate of drug-likeness (QED) is 0.802. The van der Waals surface area contributed by atoms with Crippen LogP contribution in [0.15, 0.2) is 12.2 Å². The number of allylic oxidation sites excluding steroid dienone is 2. The fourth-order valence-corrected chi connectivity index (χ4v) is 3.84. The van der Waals surface area contributed by atoms with E-state index >= 15 is 0 Å². The van der Waals surface area contributed by atoms with Gasteiger partial charge >= 0.3 is 6.03 Å². The first-order valence-electron chi connectivity index (χ1n) is 8.70.